The summed E-state index contributed by atoms with van der Waals surface area (Å²) in [6.07, 6.45) is 0. The SMILES string of the molecule is O=C(Nc1ccccc1C(=O)Nc1cccc(Cl)c1)c1ccccc1F. The molecule has 26 heavy (non-hydrogen) atoms. The fraction of sp³-hybridized carbons (Fsp3) is 0. The number of hydrogen-bond donors (Lipinski definition) is 2. The molecule has 0 saturated carbocycles. The lowest BCUT2D eigenvalue weighted by atomic mass is 10.1. The van der Waals surface area contributed by atoms with Crippen LogP contribution in [0, 0.1) is 5.82 Å². The first-order valence-corrected chi connectivity index (χ1v) is 8.14. The molecule has 0 radical (unpaired) electrons. The standard InChI is InChI=1S/C20H14ClFN2O2/c21-13-6-5-7-14(12-13)23-20(26)16-9-2-4-11-18(16)24-19(25)15-8-1-3-10-17(15)22/h1-12H,(H,23,26)(H,24,25). The van der Waals surface area contributed by atoms with Crippen LogP contribution in [0.3, 0.4) is 0 Å². The number of benzene rings is 3. The number of carbonyl (C=O) groups excluding carboxylic acids is 2. The van der Waals surface area contributed by atoms with Crippen LogP contribution >= 0.6 is 11.6 Å². The maximum absolute atomic E-state index is 13.8. The third-order valence-electron chi connectivity index (χ3n) is 3.62. The zero-order valence-electron chi connectivity index (χ0n) is 13.5. The summed E-state index contributed by atoms with van der Waals surface area (Å²) in [5.41, 5.74) is 0.952. The molecule has 0 fully saturated rings. The molecule has 0 saturated heterocycles. The van der Waals surface area contributed by atoms with Crippen LogP contribution < -0.4 is 10.6 Å². The number of halogens is 2. The van der Waals surface area contributed by atoms with Crippen LogP contribution in [0.15, 0.2) is 72.8 Å². The van der Waals surface area contributed by atoms with E-state index in [0.717, 1.165) is 0 Å². The summed E-state index contributed by atoms with van der Waals surface area (Å²) in [6, 6.07) is 18.8. The summed E-state index contributed by atoms with van der Waals surface area (Å²) in [4.78, 5) is 24.9. The highest BCUT2D eigenvalue weighted by molar-refractivity contribution is 6.31. The summed E-state index contributed by atoms with van der Waals surface area (Å²) < 4.78 is 13.8. The summed E-state index contributed by atoms with van der Waals surface area (Å²) in [5.74, 6) is -1.69. The van der Waals surface area contributed by atoms with E-state index >= 15 is 0 Å². The maximum Gasteiger partial charge on any atom is 0.258 e. The number of amides is 2. The minimum Gasteiger partial charge on any atom is -0.322 e. The van der Waals surface area contributed by atoms with Crippen LogP contribution in [0.2, 0.25) is 5.02 Å². The quantitative estimate of drug-likeness (QED) is 0.682. The van der Waals surface area contributed by atoms with Gasteiger partial charge in [-0.25, -0.2) is 4.39 Å². The van der Waals surface area contributed by atoms with Crippen molar-refractivity contribution in [1.82, 2.24) is 0 Å². The van der Waals surface area contributed by atoms with Gasteiger partial charge in [0.1, 0.15) is 5.82 Å². The Morgan fingerprint density at radius 2 is 1.42 bits per heavy atom. The van der Waals surface area contributed by atoms with E-state index in [1.807, 2.05) is 0 Å². The number of para-hydroxylation sites is 1. The van der Waals surface area contributed by atoms with Gasteiger partial charge in [0, 0.05) is 10.7 Å². The largest absolute Gasteiger partial charge is 0.322 e. The number of anilines is 2. The van der Waals surface area contributed by atoms with Gasteiger partial charge in [0.15, 0.2) is 0 Å². The lowest BCUT2D eigenvalue weighted by molar-refractivity contribution is 0.102. The van der Waals surface area contributed by atoms with Crippen molar-refractivity contribution in [3.8, 4) is 0 Å². The van der Waals surface area contributed by atoms with E-state index in [1.165, 1.54) is 18.2 Å². The molecule has 0 atom stereocenters. The van der Waals surface area contributed by atoms with Crippen LogP contribution in [0.4, 0.5) is 15.8 Å². The van der Waals surface area contributed by atoms with Crippen molar-refractivity contribution >= 4 is 34.8 Å². The molecule has 0 bridgehead atoms. The molecule has 6 heteroatoms. The zero-order chi connectivity index (χ0) is 18.5. The molecule has 3 aromatic carbocycles. The van der Waals surface area contributed by atoms with E-state index < -0.39 is 17.6 Å². The molecule has 130 valence electrons. The number of hydrogen-bond acceptors (Lipinski definition) is 2. The Morgan fingerprint density at radius 1 is 0.769 bits per heavy atom. The predicted molar refractivity (Wildman–Crippen MR) is 100 cm³/mol. The fourth-order valence-electron chi connectivity index (χ4n) is 2.39. The highest BCUT2D eigenvalue weighted by atomic mass is 35.5. The van der Waals surface area contributed by atoms with E-state index in [2.05, 4.69) is 10.6 Å². The Hall–Kier alpha value is -3.18. The first kappa shape index (κ1) is 17.6. The first-order chi connectivity index (χ1) is 12.5. The molecule has 3 aromatic rings. The summed E-state index contributed by atoms with van der Waals surface area (Å²) in [7, 11) is 0. The van der Waals surface area contributed by atoms with Crippen molar-refractivity contribution in [2.75, 3.05) is 10.6 Å². The second kappa shape index (κ2) is 7.80. The molecule has 0 unspecified atom stereocenters. The second-order valence-electron chi connectivity index (χ2n) is 5.44. The number of carbonyl (C=O) groups is 2. The van der Waals surface area contributed by atoms with Crippen molar-refractivity contribution in [3.63, 3.8) is 0 Å². The molecule has 2 N–H and O–H groups in total. The summed E-state index contributed by atoms with van der Waals surface area (Å²) in [5, 5.41) is 5.78. The Morgan fingerprint density at radius 3 is 2.15 bits per heavy atom. The number of rotatable bonds is 4. The Kier molecular flexibility index (Phi) is 5.29. The average molecular weight is 369 g/mol. The number of nitrogens with one attached hydrogen (secondary N) is 2. The normalized spacial score (nSPS) is 10.2. The van der Waals surface area contributed by atoms with Crippen LogP contribution in [0.5, 0.6) is 0 Å². The summed E-state index contributed by atoms with van der Waals surface area (Å²) in [6.45, 7) is 0. The molecule has 0 heterocycles. The molecular weight excluding hydrogens is 355 g/mol. The Labute approximate surface area is 154 Å². The summed E-state index contributed by atoms with van der Waals surface area (Å²) >= 11 is 5.91. The third-order valence-corrected chi connectivity index (χ3v) is 3.86. The minimum absolute atomic E-state index is 0.0995. The lowest BCUT2D eigenvalue weighted by Crippen LogP contribution is -2.19. The second-order valence-corrected chi connectivity index (χ2v) is 5.88. The topological polar surface area (TPSA) is 58.2 Å². The van der Waals surface area contributed by atoms with E-state index in [-0.39, 0.29) is 16.8 Å². The van der Waals surface area contributed by atoms with Gasteiger partial charge >= 0.3 is 0 Å². The van der Waals surface area contributed by atoms with Gasteiger partial charge in [-0.15, -0.1) is 0 Å². The van der Waals surface area contributed by atoms with Crippen LogP contribution in [-0.2, 0) is 0 Å². The zero-order valence-corrected chi connectivity index (χ0v) is 14.3. The monoisotopic (exact) mass is 368 g/mol. The molecule has 0 aliphatic carbocycles. The van der Waals surface area contributed by atoms with Gasteiger partial charge in [0.2, 0.25) is 0 Å². The van der Waals surface area contributed by atoms with Gasteiger partial charge in [-0.05, 0) is 42.5 Å². The van der Waals surface area contributed by atoms with Gasteiger partial charge in [-0.3, -0.25) is 9.59 Å². The van der Waals surface area contributed by atoms with Gasteiger partial charge in [-0.1, -0.05) is 41.9 Å². The molecular formula is C20H14ClFN2O2. The van der Waals surface area contributed by atoms with Crippen molar-refractivity contribution in [2.24, 2.45) is 0 Å². The van der Waals surface area contributed by atoms with Crippen molar-refractivity contribution < 1.29 is 14.0 Å². The van der Waals surface area contributed by atoms with E-state index in [0.29, 0.717) is 10.7 Å². The van der Waals surface area contributed by atoms with Gasteiger partial charge < -0.3 is 10.6 Å². The molecule has 0 aliphatic rings. The highest BCUT2D eigenvalue weighted by Gasteiger charge is 2.16. The van der Waals surface area contributed by atoms with E-state index in [1.54, 1.807) is 54.6 Å². The molecule has 2 amide bonds. The van der Waals surface area contributed by atoms with Crippen LogP contribution in [0.1, 0.15) is 20.7 Å². The predicted octanol–water partition coefficient (Wildman–Crippen LogP) is 4.98. The Bertz CT molecular complexity index is 975. The van der Waals surface area contributed by atoms with E-state index in [4.69, 9.17) is 11.6 Å². The Balaban J connectivity index is 1.83. The van der Waals surface area contributed by atoms with E-state index in [9.17, 15) is 14.0 Å². The van der Waals surface area contributed by atoms with Crippen molar-refractivity contribution in [3.05, 3.63) is 94.8 Å². The first-order valence-electron chi connectivity index (χ1n) is 7.76. The molecule has 0 spiro atoms. The molecule has 4 nitrogen and oxygen atoms in total. The molecule has 0 aromatic heterocycles. The van der Waals surface area contributed by atoms with Crippen molar-refractivity contribution in [1.29, 1.82) is 0 Å². The molecule has 3 rings (SSSR count). The third kappa shape index (κ3) is 4.07. The van der Waals surface area contributed by atoms with Crippen LogP contribution in [-0.4, -0.2) is 11.8 Å². The van der Waals surface area contributed by atoms with Gasteiger partial charge in [-0.2, -0.15) is 0 Å². The van der Waals surface area contributed by atoms with Gasteiger partial charge in [0.25, 0.3) is 11.8 Å². The van der Waals surface area contributed by atoms with Crippen LogP contribution in [0.25, 0.3) is 0 Å². The minimum atomic E-state index is -0.633. The van der Waals surface area contributed by atoms with Gasteiger partial charge in [0.05, 0.1) is 16.8 Å². The lowest BCUT2D eigenvalue weighted by Gasteiger charge is -2.12. The molecule has 0 aliphatic heterocycles. The smallest absolute Gasteiger partial charge is 0.258 e. The fourth-order valence-corrected chi connectivity index (χ4v) is 2.58. The average Bonchev–Trinajstić information content (AvgIpc) is 2.62. The maximum atomic E-state index is 13.8. The highest BCUT2D eigenvalue weighted by Crippen LogP contribution is 2.20. The van der Waals surface area contributed by atoms with Crippen molar-refractivity contribution in [2.45, 2.75) is 0 Å².